The summed E-state index contributed by atoms with van der Waals surface area (Å²) in [6.07, 6.45) is 0. The molecule has 5 heteroatoms. The van der Waals surface area contributed by atoms with E-state index in [1.807, 2.05) is 31.2 Å². The van der Waals surface area contributed by atoms with Crippen molar-refractivity contribution in [3.8, 4) is 0 Å². The fourth-order valence-corrected chi connectivity index (χ4v) is 2.28. The lowest BCUT2D eigenvalue weighted by Gasteiger charge is -2.34. The molecule has 0 atom stereocenters. The molecule has 94 valence electrons. The number of nitrogens with zero attached hydrogens (tertiary/aromatic N) is 1. The Morgan fingerprint density at radius 1 is 1.33 bits per heavy atom. The molecule has 0 saturated carbocycles. The quantitative estimate of drug-likeness (QED) is 0.786. The van der Waals surface area contributed by atoms with Crippen molar-refractivity contribution in [1.82, 2.24) is 10.2 Å². The second kappa shape index (κ2) is 3.81. The number of imide groups is 1. The number of amides is 3. The zero-order chi connectivity index (χ0) is 12.8. The second-order valence-corrected chi connectivity index (χ2v) is 4.82. The Morgan fingerprint density at radius 3 is 2.61 bits per heavy atom. The van der Waals surface area contributed by atoms with Gasteiger partial charge in [0.2, 0.25) is 0 Å². The third-order valence-corrected chi connectivity index (χ3v) is 3.53. The summed E-state index contributed by atoms with van der Waals surface area (Å²) in [5, 5.41) is 2.72. The van der Waals surface area contributed by atoms with Gasteiger partial charge in [-0.3, -0.25) is 9.69 Å². The van der Waals surface area contributed by atoms with Crippen LogP contribution in [0, 0.1) is 6.92 Å². The van der Waals surface area contributed by atoms with E-state index in [0.717, 1.165) is 11.1 Å². The van der Waals surface area contributed by atoms with E-state index < -0.39 is 5.54 Å². The molecular weight excluding hydrogens is 232 g/mol. The lowest BCUT2D eigenvalue weighted by atomic mass is 9.98. The Kier molecular flexibility index (Phi) is 2.38. The maximum atomic E-state index is 12.2. The number of nitrogens with one attached hydrogen (secondary N) is 1. The normalized spacial score (nSPS) is 21.1. The molecule has 1 aromatic carbocycles. The van der Waals surface area contributed by atoms with Crippen molar-refractivity contribution in [2.45, 2.75) is 19.0 Å². The van der Waals surface area contributed by atoms with Crippen LogP contribution in [0.5, 0.6) is 0 Å². The van der Waals surface area contributed by atoms with Gasteiger partial charge in [-0.2, -0.15) is 0 Å². The molecule has 0 unspecified atom stereocenters. The number of urea groups is 1. The zero-order valence-electron chi connectivity index (χ0n) is 10.1. The van der Waals surface area contributed by atoms with Crippen LogP contribution in [0.4, 0.5) is 4.79 Å². The molecule has 2 heterocycles. The van der Waals surface area contributed by atoms with E-state index >= 15 is 0 Å². The lowest BCUT2D eigenvalue weighted by molar-refractivity contribution is -0.148. The Bertz CT molecular complexity index is 523. The number of hydrogen-bond acceptors (Lipinski definition) is 3. The molecule has 0 aromatic heterocycles. The summed E-state index contributed by atoms with van der Waals surface area (Å²) in [5.74, 6) is -0.179. The van der Waals surface area contributed by atoms with Crippen LogP contribution < -0.4 is 5.32 Å². The van der Waals surface area contributed by atoms with Crippen LogP contribution in [-0.2, 0) is 16.1 Å². The number of aryl methyl sites for hydroxylation is 1. The van der Waals surface area contributed by atoms with Crippen LogP contribution in [0.3, 0.4) is 0 Å². The molecule has 2 fully saturated rings. The Hall–Kier alpha value is -1.88. The molecule has 2 aliphatic rings. The minimum Gasteiger partial charge on any atom is -0.375 e. The molecule has 1 aromatic rings. The topological polar surface area (TPSA) is 58.6 Å². The summed E-state index contributed by atoms with van der Waals surface area (Å²) in [5.41, 5.74) is 1.27. The van der Waals surface area contributed by atoms with Gasteiger partial charge >= 0.3 is 6.03 Å². The van der Waals surface area contributed by atoms with Crippen LogP contribution >= 0.6 is 0 Å². The third-order valence-electron chi connectivity index (χ3n) is 3.53. The van der Waals surface area contributed by atoms with Gasteiger partial charge in [0.1, 0.15) is 0 Å². The number of carbonyl (C=O) groups is 2. The molecule has 3 rings (SSSR count). The van der Waals surface area contributed by atoms with Crippen LogP contribution in [0.1, 0.15) is 11.1 Å². The molecule has 0 aliphatic carbocycles. The summed E-state index contributed by atoms with van der Waals surface area (Å²) in [4.78, 5) is 25.3. The minimum absolute atomic E-state index is 0.179. The lowest BCUT2D eigenvalue weighted by Crippen LogP contribution is -2.62. The van der Waals surface area contributed by atoms with Gasteiger partial charge in [-0.1, -0.05) is 24.3 Å². The van der Waals surface area contributed by atoms with Crippen LogP contribution in [0.2, 0.25) is 0 Å². The van der Waals surface area contributed by atoms with Gasteiger partial charge in [0.25, 0.3) is 5.91 Å². The number of hydrogen-bond donors (Lipinski definition) is 1. The van der Waals surface area contributed by atoms with Crippen molar-refractivity contribution in [3.05, 3.63) is 35.4 Å². The van der Waals surface area contributed by atoms with Crippen LogP contribution in [0.25, 0.3) is 0 Å². The summed E-state index contributed by atoms with van der Waals surface area (Å²) >= 11 is 0. The first-order valence-corrected chi connectivity index (χ1v) is 5.89. The van der Waals surface area contributed by atoms with Crippen molar-refractivity contribution in [2.75, 3.05) is 13.2 Å². The van der Waals surface area contributed by atoms with E-state index in [1.54, 1.807) is 0 Å². The Balaban J connectivity index is 1.83. The first kappa shape index (κ1) is 11.2. The summed E-state index contributed by atoms with van der Waals surface area (Å²) < 4.78 is 5.04. The van der Waals surface area contributed by atoms with Crippen LogP contribution in [-0.4, -0.2) is 35.6 Å². The Morgan fingerprint density at radius 2 is 2.06 bits per heavy atom. The first-order valence-electron chi connectivity index (χ1n) is 5.89. The molecular formula is C13H14N2O3. The van der Waals surface area contributed by atoms with Crippen molar-refractivity contribution >= 4 is 11.9 Å². The SMILES string of the molecule is Cc1ccccc1CN1C(=O)NC2(COC2)C1=O. The highest BCUT2D eigenvalue weighted by atomic mass is 16.5. The first-order chi connectivity index (χ1) is 8.62. The minimum atomic E-state index is -0.792. The van der Waals surface area contributed by atoms with Gasteiger partial charge in [0.05, 0.1) is 19.8 Å². The van der Waals surface area contributed by atoms with Gasteiger partial charge in [0, 0.05) is 0 Å². The van der Waals surface area contributed by atoms with E-state index in [4.69, 9.17) is 4.74 Å². The predicted molar refractivity (Wildman–Crippen MR) is 63.8 cm³/mol. The summed E-state index contributed by atoms with van der Waals surface area (Å²) in [6.45, 7) is 2.85. The number of benzene rings is 1. The number of rotatable bonds is 2. The zero-order valence-corrected chi connectivity index (χ0v) is 10.1. The van der Waals surface area contributed by atoms with E-state index in [-0.39, 0.29) is 25.2 Å². The van der Waals surface area contributed by atoms with Crippen molar-refractivity contribution in [1.29, 1.82) is 0 Å². The van der Waals surface area contributed by atoms with E-state index in [1.165, 1.54) is 4.90 Å². The van der Waals surface area contributed by atoms with Gasteiger partial charge in [-0.25, -0.2) is 4.79 Å². The van der Waals surface area contributed by atoms with Gasteiger partial charge < -0.3 is 10.1 Å². The van der Waals surface area contributed by atoms with E-state index in [2.05, 4.69) is 5.32 Å². The van der Waals surface area contributed by atoms with Gasteiger partial charge in [0.15, 0.2) is 5.54 Å². The molecule has 1 N–H and O–H groups in total. The molecule has 2 aliphatic heterocycles. The van der Waals surface area contributed by atoms with Crippen LogP contribution in [0.15, 0.2) is 24.3 Å². The standard InChI is InChI=1S/C13H14N2O3/c1-9-4-2-3-5-10(9)6-15-11(16)13(7-18-8-13)14-12(15)17/h2-5H,6-8H2,1H3,(H,14,17). The predicted octanol–water partition coefficient (Wildman–Crippen LogP) is 0.816. The summed E-state index contributed by atoms with van der Waals surface area (Å²) in [6, 6.07) is 7.41. The largest absolute Gasteiger partial charge is 0.375 e. The highest BCUT2D eigenvalue weighted by Crippen LogP contribution is 2.27. The third kappa shape index (κ3) is 1.51. The molecule has 18 heavy (non-hydrogen) atoms. The van der Waals surface area contributed by atoms with Crippen molar-refractivity contribution in [3.63, 3.8) is 0 Å². The molecule has 0 bridgehead atoms. The van der Waals surface area contributed by atoms with Gasteiger partial charge in [-0.05, 0) is 18.1 Å². The molecule has 5 nitrogen and oxygen atoms in total. The molecule has 3 amide bonds. The smallest absolute Gasteiger partial charge is 0.325 e. The monoisotopic (exact) mass is 246 g/mol. The van der Waals surface area contributed by atoms with Crippen molar-refractivity contribution in [2.24, 2.45) is 0 Å². The van der Waals surface area contributed by atoms with E-state index in [0.29, 0.717) is 6.54 Å². The fraction of sp³-hybridized carbons (Fsp3) is 0.385. The number of carbonyl (C=O) groups excluding carboxylic acids is 2. The average Bonchev–Trinajstić information content (AvgIpc) is 2.56. The summed E-state index contributed by atoms with van der Waals surface area (Å²) in [7, 11) is 0. The number of ether oxygens (including phenoxy) is 1. The highest BCUT2D eigenvalue weighted by Gasteiger charge is 2.56. The van der Waals surface area contributed by atoms with Gasteiger partial charge in [-0.15, -0.1) is 0 Å². The fourth-order valence-electron chi connectivity index (χ4n) is 2.28. The molecule has 1 spiro atoms. The van der Waals surface area contributed by atoms with E-state index in [9.17, 15) is 9.59 Å². The second-order valence-electron chi connectivity index (χ2n) is 4.82. The maximum absolute atomic E-state index is 12.2. The van der Waals surface area contributed by atoms with Crippen molar-refractivity contribution < 1.29 is 14.3 Å². The Labute approximate surface area is 105 Å². The average molecular weight is 246 g/mol. The molecule has 0 radical (unpaired) electrons. The highest BCUT2D eigenvalue weighted by molar-refractivity contribution is 6.07. The maximum Gasteiger partial charge on any atom is 0.325 e. The molecule has 2 saturated heterocycles.